The Hall–Kier alpha value is -2.08. The smallest absolute Gasteiger partial charge is 0.140 e. The highest BCUT2D eigenvalue weighted by Gasteiger charge is 2.16. The molecule has 0 saturated carbocycles. The number of piperidine rings is 1. The normalized spacial score (nSPS) is 17.2. The Bertz CT molecular complexity index is 812. The lowest BCUT2D eigenvalue weighted by Gasteiger charge is -2.21. The van der Waals surface area contributed by atoms with Gasteiger partial charge in [-0.05, 0) is 31.5 Å². The predicted molar refractivity (Wildman–Crippen MR) is 110 cm³/mol. The fourth-order valence-electron chi connectivity index (χ4n) is 2.99. The van der Waals surface area contributed by atoms with Crippen LogP contribution < -0.4 is 5.32 Å². The molecule has 3 aromatic rings. The van der Waals surface area contributed by atoms with Gasteiger partial charge < -0.3 is 15.1 Å². The van der Waals surface area contributed by atoms with Crippen molar-refractivity contribution in [2.24, 2.45) is 5.16 Å². The number of benzene rings is 1. The zero-order valence-corrected chi connectivity index (χ0v) is 15.9. The maximum Gasteiger partial charge on any atom is 0.140 e. The molecule has 0 spiro atoms. The molecule has 2 N–H and O–H groups in total. The molecule has 1 aromatic carbocycles. The van der Waals surface area contributed by atoms with Crippen molar-refractivity contribution in [3.63, 3.8) is 0 Å². The van der Waals surface area contributed by atoms with Crippen LogP contribution in [-0.2, 0) is 4.84 Å². The molecule has 1 fully saturated rings. The third kappa shape index (κ3) is 4.55. The zero-order chi connectivity index (χ0) is 16.2. The van der Waals surface area contributed by atoms with Crippen molar-refractivity contribution in [3.05, 3.63) is 66.1 Å². The third-order valence-electron chi connectivity index (χ3n) is 4.27. The van der Waals surface area contributed by atoms with Gasteiger partial charge in [-0.2, -0.15) is 0 Å². The second-order valence-electron chi connectivity index (χ2n) is 6.03. The van der Waals surface area contributed by atoms with Gasteiger partial charge in [0.15, 0.2) is 0 Å². The highest BCUT2D eigenvalue weighted by Crippen LogP contribution is 2.18. The molecule has 4 rings (SSSR count). The Morgan fingerprint density at radius 1 is 1.15 bits per heavy atom. The average molecular weight is 393 g/mol. The Balaban J connectivity index is 0.00000121. The largest absolute Gasteiger partial charge is 0.391 e. The van der Waals surface area contributed by atoms with Crippen molar-refractivity contribution in [3.8, 4) is 0 Å². The SMILES string of the molecule is Cl.Cl.c1ccc(C(=NOC2CCCNC2)c2cc3ccncc3[nH]2)cc1. The van der Waals surface area contributed by atoms with Gasteiger partial charge in [0.2, 0.25) is 0 Å². The first-order chi connectivity index (χ1) is 11.9. The van der Waals surface area contributed by atoms with Gasteiger partial charge in [0, 0.05) is 23.7 Å². The molecule has 3 heterocycles. The Morgan fingerprint density at radius 3 is 2.73 bits per heavy atom. The van der Waals surface area contributed by atoms with Crippen LogP contribution in [0.25, 0.3) is 10.9 Å². The average Bonchev–Trinajstić information content (AvgIpc) is 3.07. The lowest BCUT2D eigenvalue weighted by atomic mass is 10.1. The summed E-state index contributed by atoms with van der Waals surface area (Å²) >= 11 is 0. The fraction of sp³-hybridized carbons (Fsp3) is 0.263. The lowest BCUT2D eigenvalue weighted by Crippen LogP contribution is -2.34. The minimum Gasteiger partial charge on any atom is -0.391 e. The number of hydrogen-bond donors (Lipinski definition) is 2. The Kier molecular flexibility index (Phi) is 7.45. The van der Waals surface area contributed by atoms with Gasteiger partial charge in [0.25, 0.3) is 0 Å². The number of aromatic nitrogens is 2. The summed E-state index contributed by atoms with van der Waals surface area (Å²) in [5, 5.41) is 8.97. The molecule has 26 heavy (non-hydrogen) atoms. The molecule has 2 aromatic heterocycles. The monoisotopic (exact) mass is 392 g/mol. The van der Waals surface area contributed by atoms with E-state index in [2.05, 4.69) is 26.5 Å². The number of rotatable bonds is 4. The van der Waals surface area contributed by atoms with Crippen LogP contribution in [0.1, 0.15) is 24.1 Å². The molecule has 1 saturated heterocycles. The Labute approximate surface area is 165 Å². The first kappa shape index (κ1) is 20.2. The van der Waals surface area contributed by atoms with Gasteiger partial charge >= 0.3 is 0 Å². The van der Waals surface area contributed by atoms with E-state index in [4.69, 9.17) is 4.84 Å². The summed E-state index contributed by atoms with van der Waals surface area (Å²) in [4.78, 5) is 13.4. The van der Waals surface area contributed by atoms with E-state index < -0.39 is 0 Å². The molecule has 0 bridgehead atoms. The number of aromatic amines is 1. The molecule has 1 atom stereocenters. The second-order valence-corrected chi connectivity index (χ2v) is 6.03. The third-order valence-corrected chi connectivity index (χ3v) is 4.27. The summed E-state index contributed by atoms with van der Waals surface area (Å²) in [5.74, 6) is 0. The number of fused-ring (bicyclic) bond motifs is 1. The number of hydrogen-bond acceptors (Lipinski definition) is 4. The maximum atomic E-state index is 5.84. The van der Waals surface area contributed by atoms with Gasteiger partial charge in [-0.3, -0.25) is 4.98 Å². The van der Waals surface area contributed by atoms with E-state index in [0.717, 1.165) is 53.8 Å². The van der Waals surface area contributed by atoms with E-state index in [0.29, 0.717) is 0 Å². The van der Waals surface area contributed by atoms with Gasteiger partial charge in [0.1, 0.15) is 11.8 Å². The van der Waals surface area contributed by atoms with Crippen LogP contribution in [0.3, 0.4) is 0 Å². The van der Waals surface area contributed by atoms with E-state index in [9.17, 15) is 0 Å². The van der Waals surface area contributed by atoms with Crippen molar-refractivity contribution in [2.75, 3.05) is 13.1 Å². The van der Waals surface area contributed by atoms with E-state index in [-0.39, 0.29) is 30.9 Å². The number of nitrogens with one attached hydrogen (secondary N) is 2. The van der Waals surface area contributed by atoms with Crippen molar-refractivity contribution < 1.29 is 4.84 Å². The summed E-state index contributed by atoms with van der Waals surface area (Å²) in [6, 6.07) is 14.2. The minimum atomic E-state index is 0. The van der Waals surface area contributed by atoms with Crippen molar-refractivity contribution in [1.29, 1.82) is 0 Å². The van der Waals surface area contributed by atoms with Crippen molar-refractivity contribution >= 4 is 41.4 Å². The minimum absolute atomic E-state index is 0. The number of halogens is 2. The molecular formula is C19H22Cl2N4O. The van der Waals surface area contributed by atoms with Crippen LogP contribution in [0, 0.1) is 0 Å². The first-order valence-corrected chi connectivity index (χ1v) is 8.33. The van der Waals surface area contributed by atoms with Crippen LogP contribution in [0.15, 0.2) is 60.0 Å². The molecule has 1 aliphatic rings. The van der Waals surface area contributed by atoms with Crippen LogP contribution in [0.2, 0.25) is 0 Å². The molecule has 7 heteroatoms. The summed E-state index contributed by atoms with van der Waals surface area (Å²) in [7, 11) is 0. The maximum absolute atomic E-state index is 5.84. The molecule has 5 nitrogen and oxygen atoms in total. The quantitative estimate of drug-likeness (QED) is 0.522. The summed E-state index contributed by atoms with van der Waals surface area (Å²) < 4.78 is 0. The van der Waals surface area contributed by atoms with Crippen LogP contribution in [0.5, 0.6) is 0 Å². The summed E-state index contributed by atoms with van der Waals surface area (Å²) in [6.45, 7) is 1.91. The summed E-state index contributed by atoms with van der Waals surface area (Å²) in [6.07, 6.45) is 5.91. The van der Waals surface area contributed by atoms with E-state index in [1.54, 1.807) is 6.20 Å². The molecule has 0 radical (unpaired) electrons. The predicted octanol–water partition coefficient (Wildman–Crippen LogP) is 3.93. The van der Waals surface area contributed by atoms with E-state index >= 15 is 0 Å². The highest BCUT2D eigenvalue weighted by atomic mass is 35.5. The number of oxime groups is 1. The van der Waals surface area contributed by atoms with E-state index in [1.165, 1.54) is 0 Å². The fourth-order valence-corrected chi connectivity index (χ4v) is 2.99. The lowest BCUT2D eigenvalue weighted by molar-refractivity contribution is 0.0421. The van der Waals surface area contributed by atoms with Crippen molar-refractivity contribution in [1.82, 2.24) is 15.3 Å². The Morgan fingerprint density at radius 2 is 2.00 bits per heavy atom. The summed E-state index contributed by atoms with van der Waals surface area (Å²) in [5.41, 5.74) is 3.78. The van der Waals surface area contributed by atoms with Gasteiger partial charge in [-0.15, -0.1) is 24.8 Å². The zero-order valence-electron chi connectivity index (χ0n) is 14.2. The van der Waals surface area contributed by atoms with Crippen molar-refractivity contribution in [2.45, 2.75) is 18.9 Å². The van der Waals surface area contributed by atoms with Crippen LogP contribution in [-0.4, -0.2) is 34.9 Å². The van der Waals surface area contributed by atoms with Crippen LogP contribution in [0.4, 0.5) is 0 Å². The number of pyridine rings is 1. The highest BCUT2D eigenvalue weighted by molar-refractivity contribution is 6.13. The van der Waals surface area contributed by atoms with E-state index in [1.807, 2.05) is 42.6 Å². The standard InChI is InChI=1S/C19H20N4O.2ClH/c1-2-5-14(6-3-1)19(23-24-16-7-4-9-20-12-16)17-11-15-8-10-21-13-18(15)22-17;;/h1-3,5-6,8,10-11,13,16,20,22H,4,7,9,12H2;2*1H. The van der Waals surface area contributed by atoms with Gasteiger partial charge in [-0.25, -0.2) is 0 Å². The molecule has 138 valence electrons. The second kappa shape index (κ2) is 9.57. The molecule has 1 aliphatic heterocycles. The molecular weight excluding hydrogens is 371 g/mol. The van der Waals surface area contributed by atoms with Crippen LogP contribution >= 0.6 is 24.8 Å². The number of H-pyrrole nitrogens is 1. The topological polar surface area (TPSA) is 62.3 Å². The first-order valence-electron chi connectivity index (χ1n) is 8.33. The molecule has 1 unspecified atom stereocenters. The van der Waals surface area contributed by atoms with Gasteiger partial charge in [0.05, 0.1) is 17.4 Å². The molecule has 0 aliphatic carbocycles. The number of nitrogens with zero attached hydrogens (tertiary/aromatic N) is 2. The van der Waals surface area contributed by atoms with Gasteiger partial charge in [-0.1, -0.05) is 35.5 Å². The molecule has 0 amide bonds.